The van der Waals surface area contributed by atoms with E-state index in [1.165, 1.54) is 16.9 Å². The smallest absolute Gasteiger partial charge is 0.245 e. The zero-order chi connectivity index (χ0) is 16.0. The zero-order valence-corrected chi connectivity index (χ0v) is 15.6. The first-order valence-electron chi connectivity index (χ1n) is 7.12. The molecule has 0 fully saturated rings. The van der Waals surface area contributed by atoms with Crippen molar-refractivity contribution in [3.8, 4) is 0 Å². The molecular weight excluding hydrogens is 352 g/mol. The van der Waals surface area contributed by atoms with Gasteiger partial charge < -0.3 is 5.73 Å². The number of hydrogen-bond acceptors (Lipinski definition) is 6. The van der Waals surface area contributed by atoms with Crippen LogP contribution in [-0.4, -0.2) is 21.6 Å². The van der Waals surface area contributed by atoms with Gasteiger partial charge in [-0.3, -0.25) is 10.1 Å². The summed E-state index contributed by atoms with van der Waals surface area (Å²) >= 11 is 2.97. The average Bonchev–Trinajstić information content (AvgIpc) is 2.94. The van der Waals surface area contributed by atoms with Crippen molar-refractivity contribution in [1.82, 2.24) is 10.2 Å². The van der Waals surface area contributed by atoms with E-state index in [0.717, 1.165) is 16.5 Å². The number of halogens is 1. The number of nitrogens with two attached hydrogens (primary N) is 1. The lowest BCUT2D eigenvalue weighted by Crippen LogP contribution is -2.48. The Balaban J connectivity index is 0.00000264. The number of amides is 1. The Bertz CT molecular complexity index is 619. The van der Waals surface area contributed by atoms with Crippen LogP contribution in [0, 0.1) is 0 Å². The molecule has 0 saturated carbocycles. The number of nitrogens with zero attached hydrogens (tertiary/aromatic N) is 2. The minimum Gasteiger partial charge on any atom is -0.318 e. The highest BCUT2D eigenvalue weighted by Crippen LogP contribution is 2.28. The van der Waals surface area contributed by atoms with Gasteiger partial charge in [-0.05, 0) is 18.9 Å². The molecule has 1 atom stereocenters. The molecular formula is C15H21ClN4OS2. The summed E-state index contributed by atoms with van der Waals surface area (Å²) in [6, 6.07) is 10.2. The molecule has 0 spiro atoms. The second-order valence-corrected chi connectivity index (χ2v) is 7.47. The van der Waals surface area contributed by atoms with E-state index in [-0.39, 0.29) is 18.3 Å². The molecule has 23 heavy (non-hydrogen) atoms. The maximum absolute atomic E-state index is 12.1. The second-order valence-electron chi connectivity index (χ2n) is 5.27. The molecule has 1 aromatic carbocycles. The van der Waals surface area contributed by atoms with Crippen molar-refractivity contribution < 1.29 is 4.79 Å². The maximum Gasteiger partial charge on any atom is 0.245 e. The first-order chi connectivity index (χ1) is 10.5. The van der Waals surface area contributed by atoms with Gasteiger partial charge in [0, 0.05) is 5.75 Å². The summed E-state index contributed by atoms with van der Waals surface area (Å²) in [7, 11) is 0. The van der Waals surface area contributed by atoms with Crippen LogP contribution in [0.4, 0.5) is 5.13 Å². The van der Waals surface area contributed by atoms with E-state index in [9.17, 15) is 4.79 Å². The monoisotopic (exact) mass is 372 g/mol. The van der Waals surface area contributed by atoms with Gasteiger partial charge in [0.05, 0.1) is 5.54 Å². The Hall–Kier alpha value is -1.15. The average molecular weight is 373 g/mol. The fourth-order valence-electron chi connectivity index (χ4n) is 1.91. The van der Waals surface area contributed by atoms with Gasteiger partial charge in [-0.1, -0.05) is 66.8 Å². The van der Waals surface area contributed by atoms with Crippen molar-refractivity contribution >= 4 is 46.5 Å². The van der Waals surface area contributed by atoms with Gasteiger partial charge in [0.1, 0.15) is 0 Å². The third-order valence-corrected chi connectivity index (χ3v) is 5.16. The lowest BCUT2D eigenvalue weighted by molar-refractivity contribution is -0.120. The number of nitrogens with one attached hydrogen (secondary N) is 1. The molecule has 0 aliphatic heterocycles. The Morgan fingerprint density at radius 1 is 1.35 bits per heavy atom. The van der Waals surface area contributed by atoms with Crippen molar-refractivity contribution in [2.24, 2.45) is 5.73 Å². The van der Waals surface area contributed by atoms with Gasteiger partial charge in [0.15, 0.2) is 4.34 Å². The number of rotatable bonds is 7. The molecule has 1 unspecified atom stereocenters. The zero-order valence-electron chi connectivity index (χ0n) is 13.1. The highest BCUT2D eigenvalue weighted by Gasteiger charge is 2.28. The minimum atomic E-state index is -0.877. The number of aromatic nitrogens is 2. The third-order valence-electron chi connectivity index (χ3n) is 3.12. The van der Waals surface area contributed by atoms with E-state index in [2.05, 4.69) is 27.6 Å². The van der Waals surface area contributed by atoms with Gasteiger partial charge >= 0.3 is 0 Å². The Kier molecular flexibility index (Phi) is 7.98. The third kappa shape index (κ3) is 6.10. The standard InChI is InChI=1S/C15H20N4OS2.ClH/c1-3-9-15(2,16)12(20)17-13-18-19-14(22-13)21-10-11-7-5-4-6-8-11;/h4-8H,3,9-10,16H2,1-2H3,(H,17,18,20);1H. The maximum atomic E-state index is 12.1. The van der Waals surface area contributed by atoms with Gasteiger partial charge in [0.2, 0.25) is 11.0 Å². The summed E-state index contributed by atoms with van der Waals surface area (Å²) in [5, 5.41) is 11.3. The topological polar surface area (TPSA) is 80.9 Å². The van der Waals surface area contributed by atoms with Crippen LogP contribution < -0.4 is 11.1 Å². The number of anilines is 1. The molecule has 3 N–H and O–H groups in total. The van der Waals surface area contributed by atoms with Gasteiger partial charge in [-0.15, -0.1) is 22.6 Å². The lowest BCUT2D eigenvalue weighted by atomic mass is 9.97. The van der Waals surface area contributed by atoms with Crippen molar-refractivity contribution in [2.45, 2.75) is 42.3 Å². The van der Waals surface area contributed by atoms with Crippen LogP contribution in [0.1, 0.15) is 32.3 Å². The molecule has 5 nitrogen and oxygen atoms in total. The Morgan fingerprint density at radius 2 is 2.04 bits per heavy atom. The molecule has 0 aliphatic rings. The largest absolute Gasteiger partial charge is 0.318 e. The fraction of sp³-hybridized carbons (Fsp3) is 0.400. The molecule has 126 valence electrons. The van der Waals surface area contributed by atoms with E-state index >= 15 is 0 Å². The molecule has 0 saturated heterocycles. The predicted octanol–water partition coefficient (Wildman–Crippen LogP) is 3.71. The Morgan fingerprint density at radius 3 is 2.70 bits per heavy atom. The summed E-state index contributed by atoms with van der Waals surface area (Å²) in [4.78, 5) is 12.1. The van der Waals surface area contributed by atoms with Crippen LogP contribution in [0.3, 0.4) is 0 Å². The highest BCUT2D eigenvalue weighted by atomic mass is 35.5. The summed E-state index contributed by atoms with van der Waals surface area (Å²) in [6.45, 7) is 3.74. The van der Waals surface area contributed by atoms with E-state index in [1.807, 2.05) is 25.1 Å². The fourth-order valence-corrected chi connectivity index (χ4v) is 3.61. The molecule has 0 radical (unpaired) electrons. The van der Waals surface area contributed by atoms with Crippen molar-refractivity contribution in [3.63, 3.8) is 0 Å². The Labute approximate surface area is 150 Å². The first-order valence-corrected chi connectivity index (χ1v) is 8.92. The van der Waals surface area contributed by atoms with Gasteiger partial charge in [-0.25, -0.2) is 0 Å². The summed E-state index contributed by atoms with van der Waals surface area (Å²) in [5.74, 6) is 0.610. The lowest BCUT2D eigenvalue weighted by Gasteiger charge is -2.21. The highest BCUT2D eigenvalue weighted by molar-refractivity contribution is 8.00. The van der Waals surface area contributed by atoms with Crippen LogP contribution in [0.2, 0.25) is 0 Å². The van der Waals surface area contributed by atoms with Crippen LogP contribution in [0.5, 0.6) is 0 Å². The van der Waals surface area contributed by atoms with Crippen LogP contribution in [0.25, 0.3) is 0 Å². The van der Waals surface area contributed by atoms with E-state index in [4.69, 9.17) is 5.73 Å². The first kappa shape index (κ1) is 19.9. The van der Waals surface area contributed by atoms with E-state index in [0.29, 0.717) is 11.6 Å². The molecule has 0 aliphatic carbocycles. The SMILES string of the molecule is CCCC(C)(N)C(=O)Nc1nnc(SCc2ccccc2)s1.Cl. The molecule has 2 rings (SSSR count). The van der Waals surface area contributed by atoms with Gasteiger partial charge in [-0.2, -0.15) is 0 Å². The van der Waals surface area contributed by atoms with Crippen molar-refractivity contribution in [3.05, 3.63) is 35.9 Å². The molecule has 1 aromatic heterocycles. The second kappa shape index (κ2) is 9.22. The minimum absolute atomic E-state index is 0. The molecule has 1 heterocycles. The molecule has 0 bridgehead atoms. The van der Waals surface area contributed by atoms with Crippen molar-refractivity contribution in [2.75, 3.05) is 5.32 Å². The van der Waals surface area contributed by atoms with E-state index < -0.39 is 5.54 Å². The molecule has 1 amide bonds. The predicted molar refractivity (Wildman–Crippen MR) is 99.3 cm³/mol. The summed E-state index contributed by atoms with van der Waals surface area (Å²) in [6.07, 6.45) is 1.49. The quantitative estimate of drug-likeness (QED) is 0.572. The van der Waals surface area contributed by atoms with Crippen LogP contribution in [0.15, 0.2) is 34.7 Å². The summed E-state index contributed by atoms with van der Waals surface area (Å²) in [5.41, 5.74) is 6.35. The number of thioether (sulfide) groups is 1. The molecule has 8 heteroatoms. The number of benzene rings is 1. The van der Waals surface area contributed by atoms with Crippen LogP contribution in [-0.2, 0) is 10.5 Å². The molecule has 2 aromatic rings. The van der Waals surface area contributed by atoms with Crippen molar-refractivity contribution in [1.29, 1.82) is 0 Å². The number of carbonyl (C=O) groups is 1. The van der Waals surface area contributed by atoms with E-state index in [1.54, 1.807) is 18.7 Å². The summed E-state index contributed by atoms with van der Waals surface area (Å²) < 4.78 is 0.827. The number of hydrogen-bond donors (Lipinski definition) is 2. The normalized spacial score (nSPS) is 13.0. The van der Waals surface area contributed by atoms with Crippen LogP contribution >= 0.6 is 35.5 Å². The van der Waals surface area contributed by atoms with Gasteiger partial charge in [0.25, 0.3) is 0 Å². The number of carbonyl (C=O) groups excluding carboxylic acids is 1.